The minimum atomic E-state index is -0.168. The highest BCUT2D eigenvalue weighted by Crippen LogP contribution is 2.25. The van der Waals surface area contributed by atoms with E-state index in [0.29, 0.717) is 18.7 Å². The molecule has 0 spiro atoms. The van der Waals surface area contributed by atoms with Crippen LogP contribution in [0.25, 0.3) is 0 Å². The normalized spacial score (nSPS) is 16.8. The van der Waals surface area contributed by atoms with Crippen molar-refractivity contribution in [2.24, 2.45) is 0 Å². The number of nitrogens with one attached hydrogen (secondary N) is 1. The molecule has 0 radical (unpaired) electrons. The summed E-state index contributed by atoms with van der Waals surface area (Å²) < 4.78 is 5.63. The summed E-state index contributed by atoms with van der Waals surface area (Å²) in [6.45, 7) is 4.55. The lowest BCUT2D eigenvalue weighted by molar-refractivity contribution is -0.123. The Kier molecular flexibility index (Phi) is 6.64. The molecule has 0 atom stereocenters. The molecule has 6 nitrogen and oxygen atoms in total. The van der Waals surface area contributed by atoms with E-state index in [-0.39, 0.29) is 18.4 Å². The smallest absolute Gasteiger partial charge is 0.258 e. The van der Waals surface area contributed by atoms with Crippen molar-refractivity contribution in [2.75, 3.05) is 31.1 Å². The largest absolute Gasteiger partial charge is 0.484 e. The van der Waals surface area contributed by atoms with Gasteiger partial charge < -0.3 is 15.0 Å². The Hall–Kier alpha value is -2.86. The molecule has 30 heavy (non-hydrogen) atoms. The maximum Gasteiger partial charge on any atom is 0.258 e. The fraction of sp³-hybridized carbons (Fsp3) is 0.417. The van der Waals surface area contributed by atoms with Gasteiger partial charge in [-0.1, -0.05) is 30.3 Å². The fourth-order valence-corrected chi connectivity index (χ4v) is 4.02. The van der Waals surface area contributed by atoms with Crippen LogP contribution in [0.4, 0.5) is 5.69 Å². The Bertz CT molecular complexity index is 876. The highest BCUT2D eigenvalue weighted by atomic mass is 16.5. The van der Waals surface area contributed by atoms with Crippen molar-refractivity contribution < 1.29 is 14.3 Å². The number of carbonyl (C=O) groups excluding carboxylic acids is 2. The molecule has 0 aliphatic carbocycles. The number of carbonyl (C=O) groups is 2. The van der Waals surface area contributed by atoms with Gasteiger partial charge in [0, 0.05) is 37.8 Å². The van der Waals surface area contributed by atoms with Gasteiger partial charge >= 0.3 is 0 Å². The number of amides is 2. The van der Waals surface area contributed by atoms with E-state index in [1.54, 1.807) is 11.0 Å². The molecule has 2 aromatic rings. The summed E-state index contributed by atoms with van der Waals surface area (Å²) in [6.07, 6.45) is 4.07. The second-order valence-corrected chi connectivity index (χ2v) is 8.01. The molecular formula is C24H29N3O3. The number of nitrogens with zero attached hydrogens (tertiary/aromatic N) is 2. The Morgan fingerprint density at radius 3 is 2.47 bits per heavy atom. The van der Waals surface area contributed by atoms with Crippen molar-refractivity contribution in [3.8, 4) is 5.75 Å². The van der Waals surface area contributed by atoms with E-state index >= 15 is 0 Å². The van der Waals surface area contributed by atoms with E-state index in [9.17, 15) is 9.59 Å². The number of ether oxygens (including phenoxy) is 1. The predicted molar refractivity (Wildman–Crippen MR) is 116 cm³/mol. The molecule has 158 valence electrons. The number of anilines is 1. The van der Waals surface area contributed by atoms with Crippen LogP contribution in [0.3, 0.4) is 0 Å². The minimum Gasteiger partial charge on any atom is -0.484 e. The van der Waals surface area contributed by atoms with Gasteiger partial charge in [-0.15, -0.1) is 0 Å². The molecule has 0 aromatic heterocycles. The van der Waals surface area contributed by atoms with Crippen LogP contribution in [0.1, 0.15) is 36.8 Å². The number of benzene rings is 2. The minimum absolute atomic E-state index is 0.0511. The quantitative estimate of drug-likeness (QED) is 0.731. The maximum atomic E-state index is 12.2. The topological polar surface area (TPSA) is 61.9 Å². The van der Waals surface area contributed by atoms with Gasteiger partial charge in [-0.05, 0) is 55.6 Å². The van der Waals surface area contributed by atoms with Crippen LogP contribution in [-0.2, 0) is 22.7 Å². The molecule has 0 unspecified atom stereocenters. The molecule has 2 saturated heterocycles. The third-order valence-corrected chi connectivity index (χ3v) is 5.69. The second kappa shape index (κ2) is 9.76. The lowest BCUT2D eigenvalue weighted by Gasteiger charge is -2.16. The summed E-state index contributed by atoms with van der Waals surface area (Å²) in [7, 11) is 0. The average molecular weight is 408 g/mol. The fourth-order valence-electron chi connectivity index (χ4n) is 4.02. The zero-order valence-electron chi connectivity index (χ0n) is 17.3. The van der Waals surface area contributed by atoms with Gasteiger partial charge in [-0.2, -0.15) is 0 Å². The monoisotopic (exact) mass is 407 g/mol. The Balaban J connectivity index is 1.22. The first kappa shape index (κ1) is 20.4. The molecule has 1 N–H and O–H groups in total. The van der Waals surface area contributed by atoms with Gasteiger partial charge in [-0.25, -0.2) is 0 Å². The highest BCUT2D eigenvalue weighted by Gasteiger charge is 2.21. The molecule has 2 amide bonds. The number of hydrogen-bond acceptors (Lipinski definition) is 4. The lowest BCUT2D eigenvalue weighted by Crippen LogP contribution is -2.28. The van der Waals surface area contributed by atoms with E-state index in [1.807, 2.05) is 18.2 Å². The van der Waals surface area contributed by atoms with Crippen LogP contribution in [0.5, 0.6) is 5.75 Å². The summed E-state index contributed by atoms with van der Waals surface area (Å²) in [6, 6.07) is 15.8. The van der Waals surface area contributed by atoms with E-state index in [0.717, 1.165) is 30.8 Å². The summed E-state index contributed by atoms with van der Waals surface area (Å²) >= 11 is 0. The summed E-state index contributed by atoms with van der Waals surface area (Å²) in [5.41, 5.74) is 3.21. The van der Waals surface area contributed by atoms with Crippen molar-refractivity contribution in [3.05, 3.63) is 59.7 Å². The molecular weight excluding hydrogens is 378 g/mol. The first-order valence-corrected chi connectivity index (χ1v) is 10.8. The average Bonchev–Trinajstić information content (AvgIpc) is 3.43. The van der Waals surface area contributed by atoms with E-state index in [4.69, 9.17) is 4.74 Å². The zero-order chi connectivity index (χ0) is 20.8. The van der Waals surface area contributed by atoms with Crippen molar-refractivity contribution >= 4 is 17.5 Å². The predicted octanol–water partition coefficient (Wildman–Crippen LogP) is 3.10. The molecule has 2 aliphatic heterocycles. The van der Waals surface area contributed by atoms with Crippen LogP contribution in [-0.4, -0.2) is 43.0 Å². The van der Waals surface area contributed by atoms with Crippen molar-refractivity contribution in [1.29, 1.82) is 0 Å². The molecule has 0 bridgehead atoms. The molecule has 2 aliphatic rings. The standard InChI is InChI=1S/C24H29N3O3/c28-23(18-30-22-6-3-5-21(15-22)27-14-4-7-24(27)29)25-16-19-8-10-20(11-9-19)17-26-12-1-2-13-26/h3,5-6,8-11,15H,1-2,4,7,12-14,16-18H2,(H,25,28). The van der Waals surface area contributed by atoms with Gasteiger partial charge in [0.25, 0.3) is 5.91 Å². The van der Waals surface area contributed by atoms with Gasteiger partial charge in [0.2, 0.25) is 5.91 Å². The maximum absolute atomic E-state index is 12.2. The summed E-state index contributed by atoms with van der Waals surface area (Å²) in [5.74, 6) is 0.559. The van der Waals surface area contributed by atoms with Crippen LogP contribution >= 0.6 is 0 Å². The SMILES string of the molecule is O=C(COc1cccc(N2CCCC2=O)c1)NCc1ccc(CN2CCCC2)cc1. The summed E-state index contributed by atoms with van der Waals surface area (Å²) in [5, 5.41) is 2.90. The molecule has 2 aromatic carbocycles. The Labute approximate surface area is 177 Å². The van der Waals surface area contributed by atoms with Gasteiger partial charge in [0.1, 0.15) is 5.75 Å². The van der Waals surface area contributed by atoms with E-state index in [1.165, 1.54) is 31.5 Å². The number of hydrogen-bond donors (Lipinski definition) is 1. The Morgan fingerprint density at radius 2 is 1.73 bits per heavy atom. The van der Waals surface area contributed by atoms with Crippen LogP contribution in [0.15, 0.2) is 48.5 Å². The van der Waals surface area contributed by atoms with E-state index < -0.39 is 0 Å². The van der Waals surface area contributed by atoms with Crippen LogP contribution in [0, 0.1) is 0 Å². The van der Waals surface area contributed by atoms with Crippen molar-refractivity contribution in [3.63, 3.8) is 0 Å². The van der Waals surface area contributed by atoms with E-state index in [2.05, 4.69) is 34.5 Å². The summed E-state index contributed by atoms with van der Waals surface area (Å²) in [4.78, 5) is 28.3. The van der Waals surface area contributed by atoms with Crippen LogP contribution < -0.4 is 15.0 Å². The first-order chi connectivity index (χ1) is 14.7. The molecule has 4 rings (SSSR count). The molecule has 2 heterocycles. The Morgan fingerprint density at radius 1 is 0.967 bits per heavy atom. The van der Waals surface area contributed by atoms with Gasteiger partial charge in [0.15, 0.2) is 6.61 Å². The zero-order valence-corrected chi connectivity index (χ0v) is 17.3. The second-order valence-electron chi connectivity index (χ2n) is 8.01. The first-order valence-electron chi connectivity index (χ1n) is 10.8. The third kappa shape index (κ3) is 5.39. The third-order valence-electron chi connectivity index (χ3n) is 5.69. The van der Waals surface area contributed by atoms with Crippen molar-refractivity contribution in [2.45, 2.75) is 38.8 Å². The number of likely N-dealkylation sites (tertiary alicyclic amines) is 1. The lowest BCUT2D eigenvalue weighted by atomic mass is 10.1. The molecule has 0 saturated carbocycles. The van der Waals surface area contributed by atoms with Gasteiger partial charge in [0.05, 0.1) is 0 Å². The molecule has 6 heteroatoms. The highest BCUT2D eigenvalue weighted by molar-refractivity contribution is 5.95. The van der Waals surface area contributed by atoms with Crippen molar-refractivity contribution in [1.82, 2.24) is 10.2 Å². The van der Waals surface area contributed by atoms with Gasteiger partial charge in [-0.3, -0.25) is 14.5 Å². The molecule has 2 fully saturated rings. The number of rotatable bonds is 8. The van der Waals surface area contributed by atoms with Crippen LogP contribution in [0.2, 0.25) is 0 Å².